The molecule has 202 valence electrons. The molecular weight excluding hydrogens is 515 g/mol. The van der Waals surface area contributed by atoms with Crippen LogP contribution in [0.4, 0.5) is 41.2 Å². The second-order valence-electron chi connectivity index (χ2n) is 7.29. The van der Waals surface area contributed by atoms with E-state index in [1.165, 1.54) is 0 Å². The van der Waals surface area contributed by atoms with E-state index in [1.807, 2.05) is 0 Å². The molecule has 0 spiro atoms. The van der Waals surface area contributed by atoms with Crippen LogP contribution in [0.5, 0.6) is 5.75 Å². The molecule has 14 heteroatoms. The highest BCUT2D eigenvalue weighted by Crippen LogP contribution is 2.44. The number of carbonyl (C=O) groups excluding carboxylic acids is 1. The minimum absolute atomic E-state index is 0.000646. The van der Waals surface area contributed by atoms with Gasteiger partial charge in [0, 0.05) is 36.3 Å². The van der Waals surface area contributed by atoms with Gasteiger partial charge < -0.3 is 20.3 Å². The molecule has 37 heavy (non-hydrogen) atoms. The summed E-state index contributed by atoms with van der Waals surface area (Å²) in [5.74, 6) is -1.88. The number of carbonyl (C=O) groups is 1. The minimum Gasteiger partial charge on any atom is -0.409 e. The van der Waals surface area contributed by atoms with Gasteiger partial charge in [-0.25, -0.2) is 9.18 Å². The Morgan fingerprint density at radius 1 is 1.08 bits per heavy atom. The molecule has 0 atom stereocenters. The van der Waals surface area contributed by atoms with Crippen LogP contribution in [0.2, 0.25) is 0 Å². The third kappa shape index (κ3) is 8.18. The molecule has 0 saturated carbocycles. The van der Waals surface area contributed by atoms with Crippen LogP contribution in [0.25, 0.3) is 5.57 Å². The van der Waals surface area contributed by atoms with Crippen LogP contribution in [0.3, 0.4) is 0 Å². The molecule has 0 aliphatic heterocycles. The number of aliphatic imine (C=N–C) groups is 1. The predicted octanol–water partition coefficient (Wildman–Crippen LogP) is 4.88. The van der Waals surface area contributed by atoms with Gasteiger partial charge in [-0.3, -0.25) is 9.89 Å². The molecule has 3 N–H and O–H groups in total. The number of halogens is 7. The van der Waals surface area contributed by atoms with Crippen molar-refractivity contribution in [2.45, 2.75) is 12.4 Å². The summed E-state index contributed by atoms with van der Waals surface area (Å²) < 4.78 is 105. The zero-order valence-corrected chi connectivity index (χ0v) is 19.2. The Labute approximate surface area is 206 Å². The topological polar surface area (TPSA) is 97.4 Å². The van der Waals surface area contributed by atoms with Crippen molar-refractivity contribution in [3.63, 3.8) is 0 Å². The smallest absolute Gasteiger partial charge is 0.409 e. The van der Waals surface area contributed by atoms with Crippen LogP contribution in [0.15, 0.2) is 47.6 Å². The number of benzene rings is 2. The summed E-state index contributed by atoms with van der Waals surface area (Å²) in [7, 11) is 1.11. The zero-order chi connectivity index (χ0) is 27.8. The molecular formula is C23H22F7N3O4. The van der Waals surface area contributed by atoms with Crippen molar-refractivity contribution >= 4 is 23.6 Å². The van der Waals surface area contributed by atoms with Crippen molar-refractivity contribution in [2.24, 2.45) is 10.7 Å². The monoisotopic (exact) mass is 537 g/mol. The highest BCUT2D eigenvalue weighted by atomic mass is 19.4. The van der Waals surface area contributed by atoms with E-state index in [4.69, 9.17) is 20.3 Å². The first-order valence-electron chi connectivity index (χ1n) is 10.4. The van der Waals surface area contributed by atoms with Gasteiger partial charge in [-0.1, -0.05) is 0 Å². The van der Waals surface area contributed by atoms with Crippen molar-refractivity contribution in [1.82, 2.24) is 0 Å². The van der Waals surface area contributed by atoms with Crippen molar-refractivity contribution in [2.75, 3.05) is 38.3 Å². The molecule has 0 radical (unpaired) electrons. The summed E-state index contributed by atoms with van der Waals surface area (Å²) in [6, 6.07) is 4.43. The molecule has 0 aliphatic rings. The van der Waals surface area contributed by atoms with E-state index < -0.39 is 52.3 Å². The molecule has 2 aromatic carbocycles. The van der Waals surface area contributed by atoms with Crippen LogP contribution < -0.4 is 15.4 Å². The number of alkyl halides is 6. The summed E-state index contributed by atoms with van der Waals surface area (Å²) >= 11 is 0. The Kier molecular flexibility index (Phi) is 10.0. The minimum atomic E-state index is -5.37. The van der Waals surface area contributed by atoms with Crippen LogP contribution >= 0.6 is 0 Å². The maximum Gasteiger partial charge on any atom is 0.420 e. The number of aliphatic hydroxyl groups excluding tert-OH is 1. The van der Waals surface area contributed by atoms with Gasteiger partial charge in [0.2, 0.25) is 0 Å². The SMILES string of the molecule is CN(C(=O)Oc1c(/C(C=NCCOCCO)=C/N)cc(C(F)(F)F)cc1C(F)(F)F)c1ccc(F)cc1. The van der Waals surface area contributed by atoms with E-state index in [-0.39, 0.29) is 38.1 Å². The molecule has 0 fully saturated rings. The quantitative estimate of drug-likeness (QED) is 0.270. The van der Waals surface area contributed by atoms with Gasteiger partial charge in [0.05, 0.1) is 37.5 Å². The number of amides is 1. The number of nitrogens with zero attached hydrogens (tertiary/aromatic N) is 2. The third-order valence-electron chi connectivity index (χ3n) is 4.72. The van der Waals surface area contributed by atoms with Crippen molar-refractivity contribution in [3.8, 4) is 5.75 Å². The number of anilines is 1. The summed E-state index contributed by atoms with van der Waals surface area (Å²) in [5, 5.41) is 8.67. The van der Waals surface area contributed by atoms with Crippen LogP contribution in [0, 0.1) is 5.82 Å². The van der Waals surface area contributed by atoms with Gasteiger partial charge >= 0.3 is 18.4 Å². The van der Waals surface area contributed by atoms with Gasteiger partial charge in [-0.05, 0) is 36.4 Å². The fraction of sp³-hybridized carbons (Fsp3) is 0.304. The molecule has 0 unspecified atom stereocenters. The maximum atomic E-state index is 13.9. The van der Waals surface area contributed by atoms with E-state index in [9.17, 15) is 35.5 Å². The van der Waals surface area contributed by atoms with Gasteiger partial charge in [0.15, 0.2) is 5.75 Å². The van der Waals surface area contributed by atoms with Crippen molar-refractivity contribution < 1.29 is 50.1 Å². The lowest BCUT2D eigenvalue weighted by molar-refractivity contribution is -0.143. The summed E-state index contributed by atoms with van der Waals surface area (Å²) in [5.41, 5.74) is 0.763. The predicted molar refractivity (Wildman–Crippen MR) is 121 cm³/mol. The largest absolute Gasteiger partial charge is 0.420 e. The highest BCUT2D eigenvalue weighted by Gasteiger charge is 2.41. The average Bonchev–Trinajstić information content (AvgIpc) is 2.82. The molecule has 2 rings (SSSR count). The zero-order valence-electron chi connectivity index (χ0n) is 19.2. The lowest BCUT2D eigenvalue weighted by atomic mass is 9.98. The fourth-order valence-electron chi connectivity index (χ4n) is 2.90. The first kappa shape index (κ1) is 29.6. The Morgan fingerprint density at radius 3 is 2.27 bits per heavy atom. The van der Waals surface area contributed by atoms with E-state index in [0.717, 1.165) is 42.4 Å². The molecule has 0 saturated heterocycles. The fourth-order valence-corrected chi connectivity index (χ4v) is 2.90. The number of ether oxygens (including phenoxy) is 2. The van der Waals surface area contributed by atoms with E-state index in [0.29, 0.717) is 12.3 Å². The second kappa shape index (κ2) is 12.5. The molecule has 1 amide bonds. The lowest BCUT2D eigenvalue weighted by Gasteiger charge is -2.22. The Hall–Kier alpha value is -3.65. The van der Waals surface area contributed by atoms with Crippen molar-refractivity contribution in [3.05, 3.63) is 65.1 Å². The Balaban J connectivity index is 2.58. The molecule has 0 aromatic heterocycles. The molecule has 0 bridgehead atoms. The number of nitrogens with two attached hydrogens (primary N) is 1. The summed E-state index contributed by atoms with van der Waals surface area (Å²) in [4.78, 5) is 17.3. The first-order chi connectivity index (χ1) is 17.3. The van der Waals surface area contributed by atoms with Gasteiger partial charge in [0.1, 0.15) is 5.82 Å². The Bertz CT molecular complexity index is 1130. The number of hydrogen-bond donors (Lipinski definition) is 2. The van der Waals surface area contributed by atoms with Crippen LogP contribution in [0.1, 0.15) is 16.7 Å². The van der Waals surface area contributed by atoms with E-state index >= 15 is 0 Å². The van der Waals surface area contributed by atoms with Crippen LogP contribution in [-0.2, 0) is 17.1 Å². The molecule has 0 heterocycles. The summed E-state index contributed by atoms with van der Waals surface area (Å²) in [6.45, 7) is -0.330. The lowest BCUT2D eigenvalue weighted by Crippen LogP contribution is -2.30. The van der Waals surface area contributed by atoms with Gasteiger partial charge in [0.25, 0.3) is 0 Å². The second-order valence-corrected chi connectivity index (χ2v) is 7.29. The maximum absolute atomic E-state index is 13.9. The third-order valence-corrected chi connectivity index (χ3v) is 4.72. The van der Waals surface area contributed by atoms with E-state index in [2.05, 4.69) is 4.99 Å². The van der Waals surface area contributed by atoms with E-state index in [1.54, 1.807) is 0 Å². The van der Waals surface area contributed by atoms with Gasteiger partial charge in [-0.15, -0.1) is 0 Å². The van der Waals surface area contributed by atoms with Crippen LogP contribution in [-0.4, -0.2) is 50.8 Å². The summed E-state index contributed by atoms with van der Waals surface area (Å²) in [6.07, 6.45) is -10.3. The van der Waals surface area contributed by atoms with Gasteiger partial charge in [-0.2, -0.15) is 26.3 Å². The normalized spacial score (nSPS) is 12.7. The standard InChI is InChI=1S/C23H22F7N3O4/c1-33(17-4-2-16(24)3-5-17)21(35)37-20-18(14(12-31)13-32-6-8-36-9-7-34)10-15(22(25,26)27)11-19(20)23(28,29)30/h2-5,10-13,34H,6-9,31H2,1H3/b14-12+,32-13?. The number of hydrogen-bond acceptors (Lipinski definition) is 6. The average molecular weight is 537 g/mol. The van der Waals surface area contributed by atoms with Crippen molar-refractivity contribution in [1.29, 1.82) is 0 Å². The number of rotatable bonds is 9. The number of allylic oxidation sites excluding steroid dienone is 1. The molecule has 7 nitrogen and oxygen atoms in total. The first-order valence-corrected chi connectivity index (χ1v) is 10.4. The molecule has 2 aromatic rings. The highest BCUT2D eigenvalue weighted by molar-refractivity contribution is 6.11. The number of aliphatic hydroxyl groups is 1. The Morgan fingerprint density at radius 2 is 1.73 bits per heavy atom. The molecule has 0 aliphatic carbocycles.